The summed E-state index contributed by atoms with van der Waals surface area (Å²) in [7, 11) is -4.21. The van der Waals surface area contributed by atoms with E-state index >= 15 is 0 Å². The van der Waals surface area contributed by atoms with E-state index in [1.807, 2.05) is 6.92 Å². The maximum atomic E-state index is 14.1. The van der Waals surface area contributed by atoms with Crippen LogP contribution in [0.2, 0.25) is 15.1 Å². The molecule has 0 radical (unpaired) electrons. The van der Waals surface area contributed by atoms with Gasteiger partial charge in [0.15, 0.2) is 0 Å². The minimum absolute atomic E-state index is 0.0130. The SMILES string of the molecule is CCNC(=O)C(CC)N(Cc1c(Cl)cccc1Cl)C(=O)CN(c1ccc(C)c(Cl)c1)S(=O)(=O)c1ccc(C)cc1. The van der Waals surface area contributed by atoms with Crippen LogP contribution in [0.5, 0.6) is 0 Å². The van der Waals surface area contributed by atoms with Gasteiger partial charge in [0, 0.05) is 33.7 Å². The molecule has 0 spiro atoms. The first-order valence-electron chi connectivity index (χ1n) is 12.8. The summed E-state index contributed by atoms with van der Waals surface area (Å²) in [4.78, 5) is 28.5. The number of rotatable bonds is 11. The molecule has 0 fully saturated rings. The average Bonchev–Trinajstić information content (AvgIpc) is 2.90. The third-order valence-electron chi connectivity index (χ3n) is 6.46. The summed E-state index contributed by atoms with van der Waals surface area (Å²) in [6, 6.07) is 15.2. The molecule has 1 N–H and O–H groups in total. The normalized spacial score (nSPS) is 12.1. The van der Waals surface area contributed by atoms with Gasteiger partial charge < -0.3 is 10.2 Å². The van der Waals surface area contributed by atoms with E-state index in [9.17, 15) is 18.0 Å². The summed E-state index contributed by atoms with van der Waals surface area (Å²) in [6.45, 7) is 6.87. The van der Waals surface area contributed by atoms with E-state index in [1.54, 1.807) is 63.2 Å². The van der Waals surface area contributed by atoms with Gasteiger partial charge in [0.1, 0.15) is 12.6 Å². The fraction of sp³-hybridized carbons (Fsp3) is 0.310. The van der Waals surface area contributed by atoms with Gasteiger partial charge in [-0.1, -0.05) is 71.6 Å². The number of sulfonamides is 1. The molecule has 0 aromatic heterocycles. The summed E-state index contributed by atoms with van der Waals surface area (Å²) in [6.07, 6.45) is 0.278. The molecule has 0 bridgehead atoms. The molecule has 1 atom stereocenters. The summed E-state index contributed by atoms with van der Waals surface area (Å²) < 4.78 is 28.9. The second kappa shape index (κ2) is 13.7. The van der Waals surface area contributed by atoms with Gasteiger partial charge in [-0.3, -0.25) is 13.9 Å². The van der Waals surface area contributed by atoms with Crippen molar-refractivity contribution < 1.29 is 18.0 Å². The number of nitrogens with one attached hydrogen (secondary N) is 1. The van der Waals surface area contributed by atoms with E-state index in [-0.39, 0.29) is 29.5 Å². The van der Waals surface area contributed by atoms with E-state index in [1.165, 1.54) is 23.1 Å². The number of halogens is 3. The zero-order valence-corrected chi connectivity index (χ0v) is 25.8. The number of likely N-dealkylation sites (N-methyl/N-ethyl adjacent to an activating group) is 1. The van der Waals surface area contributed by atoms with Crippen LogP contribution >= 0.6 is 34.8 Å². The molecule has 3 rings (SSSR count). The van der Waals surface area contributed by atoms with Gasteiger partial charge in [0.2, 0.25) is 11.8 Å². The standard InChI is InChI=1S/C29H32Cl3N3O4S/c1-5-27(29(37)33-6-2)34(17-23-24(30)8-7-9-25(23)31)28(36)18-35(21-13-12-20(4)26(32)16-21)40(38,39)22-14-10-19(3)11-15-22/h7-16,27H,5-6,17-18H2,1-4H3,(H,33,37). The Labute approximate surface area is 251 Å². The molecule has 0 heterocycles. The zero-order chi connectivity index (χ0) is 29.6. The number of carbonyl (C=O) groups excluding carboxylic acids is 2. The Kier molecular flexibility index (Phi) is 10.9. The molecule has 7 nitrogen and oxygen atoms in total. The molecular weight excluding hydrogens is 593 g/mol. The molecule has 11 heteroatoms. The number of aryl methyl sites for hydroxylation is 2. The van der Waals surface area contributed by atoms with Gasteiger partial charge in [-0.25, -0.2) is 8.42 Å². The number of nitrogens with zero attached hydrogens (tertiary/aromatic N) is 2. The number of anilines is 1. The van der Waals surface area contributed by atoms with Crippen LogP contribution < -0.4 is 9.62 Å². The minimum atomic E-state index is -4.21. The van der Waals surface area contributed by atoms with Crippen molar-refractivity contribution in [1.29, 1.82) is 0 Å². The molecule has 3 aromatic carbocycles. The Balaban J connectivity index is 2.12. The van der Waals surface area contributed by atoms with Crippen LogP contribution in [0.1, 0.15) is 37.0 Å². The lowest BCUT2D eigenvalue weighted by atomic mass is 10.1. The Hall–Kier alpha value is -2.78. The Bertz CT molecular complexity index is 1460. The maximum absolute atomic E-state index is 14.1. The summed E-state index contributed by atoms with van der Waals surface area (Å²) in [5, 5.41) is 3.76. The second-order valence-corrected chi connectivity index (χ2v) is 12.4. The number of amides is 2. The van der Waals surface area contributed by atoms with Crippen LogP contribution in [-0.2, 0) is 26.2 Å². The molecule has 2 amide bonds. The van der Waals surface area contributed by atoms with Crippen LogP contribution in [0.25, 0.3) is 0 Å². The lowest BCUT2D eigenvalue weighted by Gasteiger charge is -2.33. The first-order valence-corrected chi connectivity index (χ1v) is 15.3. The number of hydrogen-bond donors (Lipinski definition) is 1. The smallest absolute Gasteiger partial charge is 0.264 e. The van der Waals surface area contributed by atoms with Gasteiger partial charge in [-0.2, -0.15) is 0 Å². The zero-order valence-electron chi connectivity index (χ0n) is 22.7. The molecule has 214 valence electrons. The molecule has 0 aliphatic rings. The van der Waals surface area contributed by atoms with Crippen molar-refractivity contribution in [3.63, 3.8) is 0 Å². The highest BCUT2D eigenvalue weighted by Gasteiger charge is 2.34. The van der Waals surface area contributed by atoms with Gasteiger partial charge in [-0.15, -0.1) is 0 Å². The topological polar surface area (TPSA) is 86.8 Å². The van der Waals surface area contributed by atoms with E-state index in [2.05, 4.69) is 5.32 Å². The van der Waals surface area contributed by atoms with Gasteiger partial charge >= 0.3 is 0 Å². The monoisotopic (exact) mass is 623 g/mol. The Morgan fingerprint density at radius 2 is 1.52 bits per heavy atom. The fourth-order valence-electron chi connectivity index (χ4n) is 4.17. The number of benzene rings is 3. The predicted octanol–water partition coefficient (Wildman–Crippen LogP) is 6.40. The molecule has 3 aromatic rings. The highest BCUT2D eigenvalue weighted by atomic mass is 35.5. The predicted molar refractivity (Wildman–Crippen MR) is 162 cm³/mol. The number of carbonyl (C=O) groups is 2. The molecule has 0 aliphatic carbocycles. The minimum Gasteiger partial charge on any atom is -0.355 e. The lowest BCUT2D eigenvalue weighted by molar-refractivity contribution is -0.140. The first kappa shape index (κ1) is 31.7. The highest BCUT2D eigenvalue weighted by molar-refractivity contribution is 7.92. The third-order valence-corrected chi connectivity index (χ3v) is 9.36. The molecule has 40 heavy (non-hydrogen) atoms. The van der Waals surface area contributed by atoms with Crippen molar-refractivity contribution in [3.05, 3.63) is 92.4 Å². The second-order valence-electron chi connectivity index (χ2n) is 9.30. The molecule has 1 unspecified atom stereocenters. The van der Waals surface area contributed by atoms with E-state index in [0.29, 0.717) is 27.2 Å². The van der Waals surface area contributed by atoms with Crippen molar-refractivity contribution in [2.75, 3.05) is 17.4 Å². The number of hydrogen-bond acceptors (Lipinski definition) is 4. The van der Waals surface area contributed by atoms with Crippen molar-refractivity contribution in [2.45, 2.75) is 51.6 Å². The molecule has 0 saturated heterocycles. The first-order chi connectivity index (χ1) is 18.9. The van der Waals surface area contributed by atoms with Crippen molar-refractivity contribution >= 4 is 62.3 Å². The molecule has 0 aliphatic heterocycles. The summed E-state index contributed by atoms with van der Waals surface area (Å²) in [5.41, 5.74) is 2.30. The van der Waals surface area contributed by atoms with Gasteiger partial charge in [0.25, 0.3) is 10.0 Å². The van der Waals surface area contributed by atoms with Gasteiger partial charge in [0.05, 0.1) is 10.6 Å². The molecular formula is C29H32Cl3N3O4S. The van der Waals surface area contributed by atoms with E-state index < -0.39 is 28.5 Å². The largest absolute Gasteiger partial charge is 0.355 e. The molecule has 0 saturated carbocycles. The maximum Gasteiger partial charge on any atom is 0.264 e. The van der Waals surface area contributed by atoms with Crippen molar-refractivity contribution in [3.8, 4) is 0 Å². The summed E-state index contributed by atoms with van der Waals surface area (Å²) >= 11 is 19.2. The third kappa shape index (κ3) is 7.29. The van der Waals surface area contributed by atoms with E-state index in [0.717, 1.165) is 15.4 Å². The van der Waals surface area contributed by atoms with E-state index in [4.69, 9.17) is 34.8 Å². The van der Waals surface area contributed by atoms with Crippen LogP contribution in [0.3, 0.4) is 0 Å². The quantitative estimate of drug-likeness (QED) is 0.267. The van der Waals surface area contributed by atoms with Crippen LogP contribution in [0.15, 0.2) is 65.6 Å². The van der Waals surface area contributed by atoms with Crippen LogP contribution in [-0.4, -0.2) is 44.3 Å². The Morgan fingerprint density at radius 1 is 0.900 bits per heavy atom. The average molecular weight is 625 g/mol. The van der Waals surface area contributed by atoms with Crippen molar-refractivity contribution in [2.24, 2.45) is 0 Å². The van der Waals surface area contributed by atoms with Crippen molar-refractivity contribution in [1.82, 2.24) is 10.2 Å². The Morgan fingerprint density at radius 3 is 2.08 bits per heavy atom. The highest BCUT2D eigenvalue weighted by Crippen LogP contribution is 2.30. The fourth-order valence-corrected chi connectivity index (χ4v) is 6.27. The van der Waals surface area contributed by atoms with Gasteiger partial charge in [-0.05, 0) is 69.2 Å². The summed E-state index contributed by atoms with van der Waals surface area (Å²) in [5.74, 6) is -0.977. The van der Waals surface area contributed by atoms with Crippen LogP contribution in [0.4, 0.5) is 5.69 Å². The lowest BCUT2D eigenvalue weighted by Crippen LogP contribution is -2.52. The van der Waals surface area contributed by atoms with Crippen LogP contribution in [0, 0.1) is 13.8 Å².